The first-order chi connectivity index (χ1) is 4.51. The number of hydrogen-bond acceptors (Lipinski definition) is 2. The van der Waals surface area contributed by atoms with E-state index in [4.69, 9.17) is 0 Å². The summed E-state index contributed by atoms with van der Waals surface area (Å²) in [5.41, 5.74) is -0.800. The predicted molar refractivity (Wildman–Crippen MR) is 39.6 cm³/mol. The quantitative estimate of drug-likeness (QED) is 0.489. The van der Waals surface area contributed by atoms with Crippen molar-refractivity contribution in [2.75, 3.05) is 0 Å². The fraction of sp³-hybridized carbons (Fsp3) is 0.750. The highest BCUT2D eigenvalue weighted by Crippen LogP contribution is 2.24. The normalized spacial score (nSPS) is 47.6. The zero-order valence-electron chi connectivity index (χ0n) is 6.41. The summed E-state index contributed by atoms with van der Waals surface area (Å²) in [7, 11) is 0. The molecule has 3 unspecified atom stereocenters. The van der Waals surface area contributed by atoms with Crippen molar-refractivity contribution in [1.82, 2.24) is 0 Å². The highest BCUT2D eigenvalue weighted by molar-refractivity contribution is 5.07. The van der Waals surface area contributed by atoms with Crippen LogP contribution in [0.4, 0.5) is 0 Å². The molecule has 0 aliphatic heterocycles. The van der Waals surface area contributed by atoms with Crippen LogP contribution in [0.5, 0.6) is 0 Å². The van der Waals surface area contributed by atoms with Gasteiger partial charge in [-0.25, -0.2) is 0 Å². The molecule has 3 atom stereocenters. The zero-order valence-corrected chi connectivity index (χ0v) is 6.41. The van der Waals surface area contributed by atoms with Crippen LogP contribution in [0, 0.1) is 5.92 Å². The van der Waals surface area contributed by atoms with Gasteiger partial charge in [-0.1, -0.05) is 19.1 Å². The predicted octanol–water partition coefficient (Wildman–Crippen LogP) is 0.694. The highest BCUT2D eigenvalue weighted by atomic mass is 16.3. The van der Waals surface area contributed by atoms with Crippen molar-refractivity contribution in [2.45, 2.75) is 32.0 Å². The molecular weight excluding hydrogens is 128 g/mol. The van der Waals surface area contributed by atoms with Crippen molar-refractivity contribution in [3.8, 4) is 0 Å². The van der Waals surface area contributed by atoms with Crippen LogP contribution in [0.2, 0.25) is 0 Å². The maximum Gasteiger partial charge on any atom is 0.0824 e. The van der Waals surface area contributed by atoms with Gasteiger partial charge in [-0.2, -0.15) is 0 Å². The average Bonchev–Trinajstić information content (AvgIpc) is 1.79. The van der Waals surface area contributed by atoms with Gasteiger partial charge in [-0.3, -0.25) is 0 Å². The number of rotatable bonds is 0. The Labute approximate surface area is 61.2 Å². The molecule has 58 valence electrons. The first-order valence-electron chi connectivity index (χ1n) is 3.61. The minimum atomic E-state index is -0.800. The summed E-state index contributed by atoms with van der Waals surface area (Å²) in [4.78, 5) is 0. The Morgan fingerprint density at radius 3 is 2.60 bits per heavy atom. The van der Waals surface area contributed by atoms with E-state index in [-0.39, 0.29) is 12.0 Å². The standard InChI is InChI=1S/C8H14O2/c1-6-3-4-8(2,10)5-7(6)9/h3-4,6-7,9-10H,5H2,1-2H3. The fourth-order valence-corrected chi connectivity index (χ4v) is 1.16. The molecule has 0 heterocycles. The second-order valence-electron chi connectivity index (χ2n) is 3.35. The van der Waals surface area contributed by atoms with Crippen molar-refractivity contribution in [3.05, 3.63) is 12.2 Å². The summed E-state index contributed by atoms with van der Waals surface area (Å²) in [6.45, 7) is 3.65. The van der Waals surface area contributed by atoms with E-state index < -0.39 is 5.60 Å². The van der Waals surface area contributed by atoms with E-state index in [1.54, 1.807) is 13.0 Å². The smallest absolute Gasteiger partial charge is 0.0824 e. The third kappa shape index (κ3) is 1.58. The molecular formula is C8H14O2. The van der Waals surface area contributed by atoms with Crippen molar-refractivity contribution >= 4 is 0 Å². The van der Waals surface area contributed by atoms with Crippen LogP contribution in [0.15, 0.2) is 12.2 Å². The summed E-state index contributed by atoms with van der Waals surface area (Å²) in [6.07, 6.45) is 3.67. The fourth-order valence-electron chi connectivity index (χ4n) is 1.16. The van der Waals surface area contributed by atoms with Gasteiger partial charge in [0.1, 0.15) is 0 Å². The maximum absolute atomic E-state index is 9.42. The average molecular weight is 142 g/mol. The molecule has 0 aromatic heterocycles. The van der Waals surface area contributed by atoms with Crippen LogP contribution >= 0.6 is 0 Å². The Hall–Kier alpha value is -0.340. The Morgan fingerprint density at radius 1 is 1.60 bits per heavy atom. The van der Waals surface area contributed by atoms with E-state index in [1.807, 2.05) is 13.0 Å². The van der Waals surface area contributed by atoms with Gasteiger partial charge in [-0.05, 0) is 6.92 Å². The second kappa shape index (κ2) is 2.36. The third-order valence-electron chi connectivity index (χ3n) is 1.99. The second-order valence-corrected chi connectivity index (χ2v) is 3.35. The van der Waals surface area contributed by atoms with E-state index in [1.165, 1.54) is 0 Å². The molecule has 0 saturated carbocycles. The SMILES string of the molecule is CC1C=CC(C)(O)CC1O. The molecule has 1 aliphatic rings. The molecule has 0 aromatic rings. The van der Waals surface area contributed by atoms with Gasteiger partial charge in [0.15, 0.2) is 0 Å². The van der Waals surface area contributed by atoms with Crippen LogP contribution in [0.25, 0.3) is 0 Å². The number of aliphatic hydroxyl groups excluding tert-OH is 1. The van der Waals surface area contributed by atoms with Gasteiger partial charge in [0, 0.05) is 12.3 Å². The van der Waals surface area contributed by atoms with Gasteiger partial charge in [-0.15, -0.1) is 0 Å². The molecule has 1 aliphatic carbocycles. The topological polar surface area (TPSA) is 40.5 Å². The Kier molecular flexibility index (Phi) is 1.84. The minimum absolute atomic E-state index is 0.181. The molecule has 0 saturated heterocycles. The lowest BCUT2D eigenvalue weighted by molar-refractivity contribution is 0.0148. The third-order valence-corrected chi connectivity index (χ3v) is 1.99. The molecule has 0 radical (unpaired) electrons. The lowest BCUT2D eigenvalue weighted by Crippen LogP contribution is -2.34. The van der Waals surface area contributed by atoms with Crippen LogP contribution in [-0.4, -0.2) is 21.9 Å². The molecule has 2 N–H and O–H groups in total. The van der Waals surface area contributed by atoms with Crippen LogP contribution in [0.3, 0.4) is 0 Å². The monoisotopic (exact) mass is 142 g/mol. The van der Waals surface area contributed by atoms with E-state index in [0.29, 0.717) is 6.42 Å². The van der Waals surface area contributed by atoms with Gasteiger partial charge < -0.3 is 10.2 Å². The van der Waals surface area contributed by atoms with E-state index >= 15 is 0 Å². The van der Waals surface area contributed by atoms with Crippen LogP contribution in [-0.2, 0) is 0 Å². The van der Waals surface area contributed by atoms with Crippen molar-refractivity contribution < 1.29 is 10.2 Å². The van der Waals surface area contributed by atoms with E-state index in [9.17, 15) is 10.2 Å². The number of hydrogen-bond donors (Lipinski definition) is 2. The summed E-state index contributed by atoms with van der Waals surface area (Å²) in [5, 5.41) is 18.7. The summed E-state index contributed by atoms with van der Waals surface area (Å²) >= 11 is 0. The summed E-state index contributed by atoms with van der Waals surface area (Å²) in [6, 6.07) is 0. The lowest BCUT2D eigenvalue weighted by Gasteiger charge is -2.29. The van der Waals surface area contributed by atoms with Gasteiger partial charge in [0.05, 0.1) is 11.7 Å². The molecule has 0 fully saturated rings. The molecule has 0 spiro atoms. The Balaban J connectivity index is 2.69. The first kappa shape index (κ1) is 7.76. The largest absolute Gasteiger partial charge is 0.392 e. The number of aliphatic hydroxyl groups is 2. The van der Waals surface area contributed by atoms with Crippen LogP contribution in [0.1, 0.15) is 20.3 Å². The minimum Gasteiger partial charge on any atom is -0.392 e. The van der Waals surface area contributed by atoms with E-state index in [0.717, 1.165) is 0 Å². The summed E-state index contributed by atoms with van der Waals surface area (Å²) in [5.74, 6) is 0.181. The van der Waals surface area contributed by atoms with E-state index in [2.05, 4.69) is 0 Å². The van der Waals surface area contributed by atoms with Gasteiger partial charge >= 0.3 is 0 Å². The zero-order chi connectivity index (χ0) is 7.78. The molecule has 0 amide bonds. The highest BCUT2D eigenvalue weighted by Gasteiger charge is 2.28. The van der Waals surface area contributed by atoms with Crippen molar-refractivity contribution in [1.29, 1.82) is 0 Å². The molecule has 2 heteroatoms. The van der Waals surface area contributed by atoms with Gasteiger partial charge in [0.2, 0.25) is 0 Å². The summed E-state index contributed by atoms with van der Waals surface area (Å²) < 4.78 is 0. The lowest BCUT2D eigenvalue weighted by atomic mass is 9.85. The van der Waals surface area contributed by atoms with Crippen molar-refractivity contribution in [3.63, 3.8) is 0 Å². The Bertz CT molecular complexity index is 149. The Morgan fingerprint density at radius 2 is 2.20 bits per heavy atom. The van der Waals surface area contributed by atoms with Crippen LogP contribution < -0.4 is 0 Å². The molecule has 1 rings (SSSR count). The van der Waals surface area contributed by atoms with Crippen molar-refractivity contribution in [2.24, 2.45) is 5.92 Å². The molecule has 0 bridgehead atoms. The molecule has 0 aromatic carbocycles. The molecule has 10 heavy (non-hydrogen) atoms. The first-order valence-corrected chi connectivity index (χ1v) is 3.61. The van der Waals surface area contributed by atoms with Gasteiger partial charge in [0.25, 0.3) is 0 Å². The maximum atomic E-state index is 9.42. The molecule has 2 nitrogen and oxygen atoms in total.